The molecule has 4 rings (SSSR count). The molecule has 1 atom stereocenters. The summed E-state index contributed by atoms with van der Waals surface area (Å²) in [6.07, 6.45) is 0.0264. The van der Waals surface area contributed by atoms with E-state index in [9.17, 15) is 24.5 Å². The summed E-state index contributed by atoms with van der Waals surface area (Å²) in [5.74, 6) is -1.11. The van der Waals surface area contributed by atoms with Gasteiger partial charge in [-0.05, 0) is 18.7 Å². The molecule has 0 bridgehead atoms. The number of piperazine rings is 1. The summed E-state index contributed by atoms with van der Waals surface area (Å²) in [6, 6.07) is 3.44. The van der Waals surface area contributed by atoms with Gasteiger partial charge >= 0.3 is 6.03 Å². The number of rotatable bonds is 1. The van der Waals surface area contributed by atoms with E-state index in [4.69, 9.17) is 0 Å². The van der Waals surface area contributed by atoms with Crippen LogP contribution in [-0.4, -0.2) is 84.3 Å². The van der Waals surface area contributed by atoms with Crippen LogP contribution in [-0.2, 0) is 16.0 Å². The summed E-state index contributed by atoms with van der Waals surface area (Å²) in [6.45, 7) is 1.79. The number of nitro benzene ring substituents is 1. The fourth-order valence-electron chi connectivity index (χ4n) is 4.68. The zero-order valence-electron chi connectivity index (χ0n) is 15.9. The Morgan fingerprint density at radius 1 is 1.07 bits per heavy atom. The van der Waals surface area contributed by atoms with Crippen molar-refractivity contribution in [2.75, 3.05) is 45.7 Å². The van der Waals surface area contributed by atoms with Crippen LogP contribution in [0.25, 0.3) is 0 Å². The van der Waals surface area contributed by atoms with Gasteiger partial charge in [-0.3, -0.25) is 29.5 Å². The normalized spacial score (nSPS) is 24.5. The summed E-state index contributed by atoms with van der Waals surface area (Å²) in [5.41, 5.74) is -0.200. The molecule has 10 heteroatoms. The van der Waals surface area contributed by atoms with E-state index in [1.54, 1.807) is 6.07 Å². The Kier molecular flexibility index (Phi) is 3.93. The van der Waals surface area contributed by atoms with E-state index >= 15 is 0 Å². The van der Waals surface area contributed by atoms with Crippen molar-refractivity contribution in [1.29, 1.82) is 0 Å². The number of likely N-dealkylation sites (N-methyl/N-ethyl adjacent to an activating group) is 1. The van der Waals surface area contributed by atoms with Crippen LogP contribution in [0, 0.1) is 15.5 Å². The van der Waals surface area contributed by atoms with Crippen LogP contribution in [0.3, 0.4) is 0 Å². The van der Waals surface area contributed by atoms with E-state index in [0.29, 0.717) is 18.7 Å². The minimum absolute atomic E-state index is 0.0264. The molecule has 3 heterocycles. The van der Waals surface area contributed by atoms with Gasteiger partial charge in [0.2, 0.25) is 11.8 Å². The Labute approximate surface area is 161 Å². The average molecular weight is 387 g/mol. The predicted octanol–water partition coefficient (Wildman–Crippen LogP) is 0.308. The molecule has 0 aromatic heterocycles. The highest BCUT2D eigenvalue weighted by Gasteiger charge is 2.63. The highest BCUT2D eigenvalue weighted by atomic mass is 16.6. The van der Waals surface area contributed by atoms with E-state index in [2.05, 4.69) is 4.90 Å². The van der Waals surface area contributed by atoms with Crippen LogP contribution in [0.1, 0.15) is 5.56 Å². The van der Waals surface area contributed by atoms with Crippen molar-refractivity contribution < 1.29 is 19.3 Å². The maximum atomic E-state index is 13.3. The number of carbonyl (C=O) groups excluding carboxylic acids is 3. The van der Waals surface area contributed by atoms with Crippen LogP contribution in [0.4, 0.5) is 16.2 Å². The molecule has 0 saturated carbocycles. The van der Waals surface area contributed by atoms with Gasteiger partial charge in [0.1, 0.15) is 0 Å². The number of benzene rings is 1. The first-order valence-electron chi connectivity index (χ1n) is 9.01. The molecule has 3 aliphatic heterocycles. The third-order valence-electron chi connectivity index (χ3n) is 6.15. The van der Waals surface area contributed by atoms with Gasteiger partial charge in [0.15, 0.2) is 5.41 Å². The Hall–Kier alpha value is -3.01. The lowest BCUT2D eigenvalue weighted by atomic mass is 9.67. The Morgan fingerprint density at radius 2 is 1.71 bits per heavy atom. The van der Waals surface area contributed by atoms with Crippen LogP contribution in [0.15, 0.2) is 18.2 Å². The number of non-ortho nitro benzene ring substituents is 1. The first-order valence-corrected chi connectivity index (χ1v) is 9.01. The number of nitrogens with zero attached hydrogens (tertiary/aromatic N) is 5. The summed E-state index contributed by atoms with van der Waals surface area (Å²) < 4.78 is 0. The van der Waals surface area contributed by atoms with Gasteiger partial charge in [0.25, 0.3) is 5.69 Å². The lowest BCUT2D eigenvalue weighted by Gasteiger charge is -2.55. The maximum absolute atomic E-state index is 13.3. The molecule has 148 valence electrons. The monoisotopic (exact) mass is 387 g/mol. The molecular weight excluding hydrogens is 366 g/mol. The van der Waals surface area contributed by atoms with E-state index in [1.165, 1.54) is 26.2 Å². The predicted molar refractivity (Wildman–Crippen MR) is 98.8 cm³/mol. The number of fused-ring (bicyclic) bond motifs is 4. The van der Waals surface area contributed by atoms with E-state index in [-0.39, 0.29) is 12.1 Å². The fourth-order valence-corrected chi connectivity index (χ4v) is 4.68. The molecule has 1 spiro atoms. The summed E-state index contributed by atoms with van der Waals surface area (Å²) in [4.78, 5) is 55.7. The third kappa shape index (κ3) is 2.27. The maximum Gasteiger partial charge on any atom is 0.332 e. The first-order chi connectivity index (χ1) is 13.2. The molecule has 1 aromatic carbocycles. The molecule has 2 fully saturated rings. The minimum atomic E-state index is -1.49. The summed E-state index contributed by atoms with van der Waals surface area (Å²) in [5, 5.41) is 11.2. The van der Waals surface area contributed by atoms with E-state index in [1.807, 2.05) is 11.9 Å². The smallest absolute Gasteiger partial charge is 0.332 e. The van der Waals surface area contributed by atoms with Crippen molar-refractivity contribution in [2.45, 2.75) is 12.5 Å². The van der Waals surface area contributed by atoms with Crippen molar-refractivity contribution in [3.05, 3.63) is 33.9 Å². The molecular formula is C18H21N5O5. The van der Waals surface area contributed by atoms with E-state index < -0.39 is 34.2 Å². The van der Waals surface area contributed by atoms with Crippen molar-refractivity contribution in [3.8, 4) is 0 Å². The second-order valence-corrected chi connectivity index (χ2v) is 7.70. The van der Waals surface area contributed by atoms with Gasteiger partial charge in [-0.15, -0.1) is 0 Å². The van der Waals surface area contributed by atoms with Gasteiger partial charge < -0.3 is 9.80 Å². The number of anilines is 1. The topological polar surface area (TPSA) is 107 Å². The first kappa shape index (κ1) is 18.4. The largest absolute Gasteiger partial charge is 0.364 e. The molecule has 2 saturated heterocycles. The third-order valence-corrected chi connectivity index (χ3v) is 6.15. The molecule has 0 N–H and O–H groups in total. The molecule has 1 aromatic rings. The molecule has 10 nitrogen and oxygen atoms in total. The number of barbiturate groups is 1. The van der Waals surface area contributed by atoms with Crippen molar-refractivity contribution in [1.82, 2.24) is 14.7 Å². The van der Waals surface area contributed by atoms with Crippen LogP contribution < -0.4 is 4.90 Å². The summed E-state index contributed by atoms with van der Waals surface area (Å²) in [7, 11) is 4.66. The zero-order chi connectivity index (χ0) is 20.4. The lowest BCUT2D eigenvalue weighted by molar-refractivity contribution is -0.384. The molecule has 28 heavy (non-hydrogen) atoms. The highest BCUT2D eigenvalue weighted by Crippen LogP contribution is 2.47. The average Bonchev–Trinajstić information content (AvgIpc) is 2.68. The molecule has 4 amide bonds. The van der Waals surface area contributed by atoms with Crippen LogP contribution >= 0.6 is 0 Å². The fraction of sp³-hybridized carbons (Fsp3) is 0.500. The number of carbonyl (C=O) groups is 3. The van der Waals surface area contributed by atoms with Gasteiger partial charge in [-0.1, -0.05) is 0 Å². The van der Waals surface area contributed by atoms with Crippen molar-refractivity contribution in [2.24, 2.45) is 5.41 Å². The van der Waals surface area contributed by atoms with E-state index in [0.717, 1.165) is 22.0 Å². The van der Waals surface area contributed by atoms with Gasteiger partial charge in [-0.25, -0.2) is 4.79 Å². The minimum Gasteiger partial charge on any atom is -0.364 e. The highest BCUT2D eigenvalue weighted by molar-refractivity contribution is 6.20. The van der Waals surface area contributed by atoms with Gasteiger partial charge in [-0.2, -0.15) is 0 Å². The number of hydrogen-bond donors (Lipinski definition) is 0. The Bertz CT molecular complexity index is 892. The molecule has 0 unspecified atom stereocenters. The number of amides is 4. The lowest BCUT2D eigenvalue weighted by Crippen LogP contribution is -2.74. The second-order valence-electron chi connectivity index (χ2n) is 7.70. The van der Waals surface area contributed by atoms with Crippen LogP contribution in [0.5, 0.6) is 0 Å². The molecule has 3 aliphatic rings. The van der Waals surface area contributed by atoms with Gasteiger partial charge in [0, 0.05) is 58.0 Å². The molecule has 0 aliphatic carbocycles. The number of imide groups is 2. The van der Waals surface area contributed by atoms with Crippen molar-refractivity contribution >= 4 is 29.2 Å². The molecule has 0 radical (unpaired) electrons. The number of hydrogen-bond acceptors (Lipinski definition) is 7. The van der Waals surface area contributed by atoms with Gasteiger partial charge in [0.05, 0.1) is 11.0 Å². The van der Waals surface area contributed by atoms with Crippen LogP contribution in [0.2, 0.25) is 0 Å². The zero-order valence-corrected chi connectivity index (χ0v) is 15.9. The number of nitro groups is 1. The SMILES string of the molecule is CN1CCN2c3ccc([N+](=O)[O-])cc3CC3(C(=O)N(C)C(=O)N(C)C3=O)[C@@H]2C1. The Morgan fingerprint density at radius 3 is 2.32 bits per heavy atom. The quantitative estimate of drug-likeness (QED) is 0.388. The van der Waals surface area contributed by atoms with Crippen molar-refractivity contribution in [3.63, 3.8) is 0 Å². The standard InChI is InChI=1S/C18H21N5O5/c1-19-6-7-22-13-5-4-12(23(27)28)8-11(13)9-18(14(22)10-19)15(24)20(2)17(26)21(3)16(18)25/h4-5,8,14H,6-7,9-10H2,1-3H3/t14-/m0/s1. The second kappa shape index (κ2) is 5.99. The summed E-state index contributed by atoms with van der Waals surface area (Å²) >= 11 is 0. The number of urea groups is 1. The Balaban J connectivity index is 1.92.